The average molecular weight is 161 g/mol. The summed E-state index contributed by atoms with van der Waals surface area (Å²) in [5.41, 5.74) is 0. The molecule has 0 radical (unpaired) electrons. The van der Waals surface area contributed by atoms with Crippen molar-refractivity contribution in [1.29, 1.82) is 0 Å². The molecule has 0 aliphatic carbocycles. The first-order chi connectivity index (χ1) is 5.20. The summed E-state index contributed by atoms with van der Waals surface area (Å²) in [6, 6.07) is 0. The molecule has 0 aromatic rings. The summed E-state index contributed by atoms with van der Waals surface area (Å²) in [4.78, 5) is 24.7. The van der Waals surface area contributed by atoms with Crippen LogP contribution in [0.15, 0.2) is 0 Å². The van der Waals surface area contributed by atoms with Crippen LogP contribution >= 0.6 is 0 Å². The van der Waals surface area contributed by atoms with Crippen LogP contribution in [0.4, 0.5) is 0 Å². The molecule has 0 rings (SSSR count). The van der Waals surface area contributed by atoms with Crippen LogP contribution in [-0.2, 0) is 19.2 Å². The lowest BCUT2D eigenvalue weighted by molar-refractivity contribution is -0.149. The second kappa shape index (κ2) is 5.67. The van der Waals surface area contributed by atoms with Crippen LogP contribution in [-0.4, -0.2) is 18.5 Å². The molecule has 0 atom stereocenters. The van der Waals surface area contributed by atoms with Crippen molar-refractivity contribution in [3.63, 3.8) is 0 Å². The van der Waals surface area contributed by atoms with Crippen LogP contribution in [0.25, 0.3) is 0 Å². The first-order valence-corrected chi connectivity index (χ1v) is 3.26. The Morgan fingerprint density at radius 3 is 2.45 bits per heavy atom. The van der Waals surface area contributed by atoms with E-state index in [1.165, 1.54) is 0 Å². The van der Waals surface area contributed by atoms with E-state index in [0.29, 0.717) is 6.42 Å². The molecule has 0 bridgehead atoms. The smallest absolute Gasteiger partial charge is 0.327 e. The summed E-state index contributed by atoms with van der Waals surface area (Å²) in [6.45, 7) is 1.70. The highest BCUT2D eigenvalue weighted by Crippen LogP contribution is 1.88. The Morgan fingerprint density at radius 2 is 2.00 bits per heavy atom. The van der Waals surface area contributed by atoms with Crippen LogP contribution in [0.5, 0.6) is 0 Å². The molecule has 0 amide bonds. The van der Waals surface area contributed by atoms with Crippen molar-refractivity contribution in [3.8, 4) is 0 Å². The summed E-state index contributed by atoms with van der Waals surface area (Å²) < 4.78 is 4.57. The molecule has 0 aliphatic rings. The molecule has 0 heterocycles. The number of nitrogens with two attached hydrogens (primary N) is 1. The minimum absolute atomic E-state index is 0.00222. The Kier molecular flexibility index (Phi) is 5.10. The Morgan fingerprint density at radius 1 is 1.36 bits per heavy atom. The van der Waals surface area contributed by atoms with Gasteiger partial charge in [-0.25, -0.2) is 0 Å². The lowest BCUT2D eigenvalue weighted by atomic mass is 10.4. The Labute approximate surface area is 64.4 Å². The Hall–Kier alpha value is -1.10. The maximum atomic E-state index is 10.5. The summed E-state index contributed by atoms with van der Waals surface area (Å²) in [7, 11) is 0. The van der Waals surface area contributed by atoms with E-state index in [4.69, 9.17) is 0 Å². The zero-order chi connectivity index (χ0) is 8.69. The first-order valence-electron chi connectivity index (χ1n) is 3.26. The van der Waals surface area contributed by atoms with Crippen LogP contribution in [0.3, 0.4) is 0 Å². The molecule has 64 valence electrons. The standard InChI is InChI=1S/C6H11NO4/c1-2-5(8)10-4-3-6(9)11-7/h2-4,7H2,1H3. The molecule has 0 spiro atoms. The minimum Gasteiger partial charge on any atom is -0.465 e. The van der Waals surface area contributed by atoms with Gasteiger partial charge in [-0.1, -0.05) is 6.92 Å². The third kappa shape index (κ3) is 5.35. The second-order valence-corrected chi connectivity index (χ2v) is 1.81. The summed E-state index contributed by atoms with van der Waals surface area (Å²) in [5.74, 6) is 3.60. The maximum absolute atomic E-state index is 10.5. The summed E-state index contributed by atoms with van der Waals surface area (Å²) >= 11 is 0. The van der Waals surface area contributed by atoms with Crippen LogP contribution in [0.1, 0.15) is 19.8 Å². The molecule has 5 heteroatoms. The predicted octanol–water partition coefficient (Wildman–Crippen LogP) is -0.253. The lowest BCUT2D eigenvalue weighted by Gasteiger charge is -2.00. The monoisotopic (exact) mass is 161 g/mol. The van der Waals surface area contributed by atoms with E-state index in [9.17, 15) is 9.59 Å². The molecular weight excluding hydrogens is 150 g/mol. The second-order valence-electron chi connectivity index (χ2n) is 1.81. The molecule has 5 nitrogen and oxygen atoms in total. The number of hydrogen-bond donors (Lipinski definition) is 1. The van der Waals surface area contributed by atoms with Crippen molar-refractivity contribution in [2.75, 3.05) is 6.61 Å². The van der Waals surface area contributed by atoms with Gasteiger partial charge in [0, 0.05) is 6.42 Å². The van der Waals surface area contributed by atoms with Gasteiger partial charge in [0.1, 0.15) is 6.61 Å². The maximum Gasteiger partial charge on any atom is 0.327 e. The Bertz CT molecular complexity index is 130. The van der Waals surface area contributed by atoms with Crippen molar-refractivity contribution in [2.24, 2.45) is 5.90 Å². The van der Waals surface area contributed by atoms with Crippen LogP contribution in [0, 0.1) is 0 Å². The zero-order valence-corrected chi connectivity index (χ0v) is 6.33. The van der Waals surface area contributed by atoms with Crippen molar-refractivity contribution >= 4 is 11.9 Å². The van der Waals surface area contributed by atoms with Gasteiger partial charge in [0.25, 0.3) is 0 Å². The van der Waals surface area contributed by atoms with E-state index >= 15 is 0 Å². The fourth-order valence-electron chi connectivity index (χ4n) is 0.409. The third-order valence-electron chi connectivity index (χ3n) is 0.989. The summed E-state index contributed by atoms with van der Waals surface area (Å²) in [5, 5.41) is 0. The van der Waals surface area contributed by atoms with E-state index in [0.717, 1.165) is 0 Å². The highest BCUT2D eigenvalue weighted by molar-refractivity contribution is 5.71. The highest BCUT2D eigenvalue weighted by atomic mass is 16.7. The number of hydrogen-bond acceptors (Lipinski definition) is 5. The van der Waals surface area contributed by atoms with E-state index in [1.54, 1.807) is 6.92 Å². The van der Waals surface area contributed by atoms with E-state index in [1.807, 2.05) is 0 Å². The van der Waals surface area contributed by atoms with Gasteiger partial charge >= 0.3 is 11.9 Å². The fraction of sp³-hybridized carbons (Fsp3) is 0.667. The molecule has 2 N–H and O–H groups in total. The molecule has 0 aliphatic heterocycles. The van der Waals surface area contributed by atoms with E-state index in [2.05, 4.69) is 15.5 Å². The molecule has 0 aromatic carbocycles. The molecule has 0 aromatic heterocycles. The highest BCUT2D eigenvalue weighted by Gasteiger charge is 2.02. The van der Waals surface area contributed by atoms with Gasteiger partial charge in [0.15, 0.2) is 0 Å². The van der Waals surface area contributed by atoms with Crippen molar-refractivity contribution in [2.45, 2.75) is 19.8 Å². The van der Waals surface area contributed by atoms with E-state index < -0.39 is 5.97 Å². The van der Waals surface area contributed by atoms with Crippen molar-refractivity contribution in [3.05, 3.63) is 0 Å². The first kappa shape index (κ1) is 9.90. The number of carbonyl (C=O) groups excluding carboxylic acids is 2. The van der Waals surface area contributed by atoms with Crippen molar-refractivity contribution < 1.29 is 19.2 Å². The molecule has 0 unspecified atom stereocenters. The molecule has 0 saturated carbocycles. The van der Waals surface area contributed by atoms with Gasteiger partial charge in [0.2, 0.25) is 0 Å². The molecule has 0 fully saturated rings. The summed E-state index contributed by atoms with van der Waals surface area (Å²) in [6.07, 6.45) is 0.305. The van der Waals surface area contributed by atoms with Crippen LogP contribution < -0.4 is 5.90 Å². The Balaban J connectivity index is 3.27. The van der Waals surface area contributed by atoms with Crippen molar-refractivity contribution in [1.82, 2.24) is 0 Å². The van der Waals surface area contributed by atoms with Gasteiger partial charge in [-0.05, 0) is 0 Å². The molecule has 11 heavy (non-hydrogen) atoms. The quantitative estimate of drug-likeness (QED) is 0.454. The van der Waals surface area contributed by atoms with Gasteiger partial charge < -0.3 is 9.57 Å². The topological polar surface area (TPSA) is 78.6 Å². The number of ether oxygens (including phenoxy) is 1. The SMILES string of the molecule is CCC(=O)OCCC(=O)ON. The average Bonchev–Trinajstić information content (AvgIpc) is 2.04. The van der Waals surface area contributed by atoms with Gasteiger partial charge in [-0.3, -0.25) is 9.59 Å². The fourth-order valence-corrected chi connectivity index (χ4v) is 0.409. The van der Waals surface area contributed by atoms with Crippen LogP contribution in [0.2, 0.25) is 0 Å². The largest absolute Gasteiger partial charge is 0.465 e. The van der Waals surface area contributed by atoms with E-state index in [-0.39, 0.29) is 19.0 Å². The number of rotatable bonds is 4. The van der Waals surface area contributed by atoms with Gasteiger partial charge in [0.05, 0.1) is 6.42 Å². The minimum atomic E-state index is -0.589. The predicted molar refractivity (Wildman–Crippen MR) is 36.1 cm³/mol. The third-order valence-corrected chi connectivity index (χ3v) is 0.989. The number of carbonyl (C=O) groups is 2. The van der Waals surface area contributed by atoms with Gasteiger partial charge in [-0.15, -0.1) is 0 Å². The van der Waals surface area contributed by atoms with Gasteiger partial charge in [-0.2, -0.15) is 5.90 Å². The zero-order valence-electron chi connectivity index (χ0n) is 6.33. The molecular formula is C6H11NO4. The normalized spacial score (nSPS) is 8.91. The lowest BCUT2D eigenvalue weighted by Crippen LogP contribution is -2.14. The molecule has 0 saturated heterocycles. The number of esters is 1.